The van der Waals surface area contributed by atoms with Crippen LogP contribution >= 0.6 is 0 Å². The molecular formula is C15H24O3. The number of rotatable bonds is 4. The first kappa shape index (κ1) is 13.7. The van der Waals surface area contributed by atoms with Crippen molar-refractivity contribution in [2.45, 2.75) is 64.9 Å². The van der Waals surface area contributed by atoms with Crippen LogP contribution in [0.4, 0.5) is 0 Å². The minimum atomic E-state index is -0.321. The summed E-state index contributed by atoms with van der Waals surface area (Å²) in [5.74, 6) is 1.06. The number of Topliss-reactive ketones (excluding diaryl/α,β-unsaturated/α-hetero) is 2. The SMILES string of the molecule is CCC(=O)CC[C@@H]1C(O)CC[C@]2(C)C(=O)CCC12. The summed E-state index contributed by atoms with van der Waals surface area (Å²) >= 11 is 0. The summed E-state index contributed by atoms with van der Waals surface area (Å²) in [7, 11) is 0. The molecule has 0 amide bonds. The zero-order chi connectivity index (χ0) is 13.3. The molecule has 0 radical (unpaired) electrons. The first-order valence-electron chi connectivity index (χ1n) is 7.22. The van der Waals surface area contributed by atoms with E-state index in [1.165, 1.54) is 0 Å². The number of ketones is 2. The van der Waals surface area contributed by atoms with E-state index in [1.54, 1.807) is 0 Å². The molecule has 0 saturated heterocycles. The van der Waals surface area contributed by atoms with Crippen molar-refractivity contribution in [3.63, 3.8) is 0 Å². The Morgan fingerprint density at radius 1 is 1.44 bits per heavy atom. The van der Waals surface area contributed by atoms with Crippen LogP contribution < -0.4 is 0 Å². The van der Waals surface area contributed by atoms with Gasteiger partial charge in [0.05, 0.1) is 6.10 Å². The van der Waals surface area contributed by atoms with E-state index in [9.17, 15) is 14.7 Å². The summed E-state index contributed by atoms with van der Waals surface area (Å²) in [5, 5.41) is 10.2. The van der Waals surface area contributed by atoms with Crippen molar-refractivity contribution in [2.75, 3.05) is 0 Å². The van der Waals surface area contributed by atoms with Gasteiger partial charge >= 0.3 is 0 Å². The number of fused-ring (bicyclic) bond motifs is 1. The van der Waals surface area contributed by atoms with Gasteiger partial charge in [0.15, 0.2) is 0 Å². The molecule has 0 aromatic heterocycles. The molecule has 2 rings (SSSR count). The molecule has 0 aromatic carbocycles. The van der Waals surface area contributed by atoms with Gasteiger partial charge in [-0.1, -0.05) is 13.8 Å². The van der Waals surface area contributed by atoms with Crippen LogP contribution in [0.2, 0.25) is 0 Å². The fraction of sp³-hybridized carbons (Fsp3) is 0.867. The number of carbonyl (C=O) groups is 2. The second kappa shape index (κ2) is 5.12. The Kier molecular flexibility index (Phi) is 3.90. The van der Waals surface area contributed by atoms with E-state index in [0.29, 0.717) is 37.4 Å². The van der Waals surface area contributed by atoms with Crippen molar-refractivity contribution >= 4 is 11.6 Å². The van der Waals surface area contributed by atoms with Gasteiger partial charge in [-0.3, -0.25) is 9.59 Å². The molecule has 0 aliphatic heterocycles. The van der Waals surface area contributed by atoms with Crippen molar-refractivity contribution in [1.82, 2.24) is 0 Å². The zero-order valence-corrected chi connectivity index (χ0v) is 11.4. The van der Waals surface area contributed by atoms with E-state index < -0.39 is 0 Å². The van der Waals surface area contributed by atoms with E-state index in [0.717, 1.165) is 19.3 Å². The van der Waals surface area contributed by atoms with Gasteiger partial charge in [0, 0.05) is 24.7 Å². The molecule has 0 spiro atoms. The minimum Gasteiger partial charge on any atom is -0.393 e. The number of aliphatic hydroxyl groups excluding tert-OH is 1. The van der Waals surface area contributed by atoms with Crippen LogP contribution in [0.15, 0.2) is 0 Å². The largest absolute Gasteiger partial charge is 0.393 e. The minimum absolute atomic E-state index is 0.144. The predicted octanol–water partition coefficient (Wildman–Crippen LogP) is 2.50. The molecule has 2 aliphatic carbocycles. The number of hydrogen-bond donors (Lipinski definition) is 1. The molecule has 2 aliphatic rings. The first-order valence-corrected chi connectivity index (χ1v) is 7.22. The van der Waals surface area contributed by atoms with Crippen LogP contribution in [0, 0.1) is 17.3 Å². The third-order valence-corrected chi connectivity index (χ3v) is 5.26. The molecule has 2 fully saturated rings. The van der Waals surface area contributed by atoms with E-state index in [4.69, 9.17) is 0 Å². The van der Waals surface area contributed by atoms with Crippen LogP contribution in [-0.2, 0) is 9.59 Å². The molecule has 3 nitrogen and oxygen atoms in total. The molecule has 3 heteroatoms. The topological polar surface area (TPSA) is 54.4 Å². The van der Waals surface area contributed by atoms with Crippen LogP contribution in [-0.4, -0.2) is 22.8 Å². The lowest BCUT2D eigenvalue weighted by Crippen LogP contribution is -2.44. The summed E-state index contributed by atoms with van der Waals surface area (Å²) in [5.41, 5.74) is -0.223. The fourth-order valence-electron chi connectivity index (χ4n) is 3.94. The lowest BCUT2D eigenvalue weighted by atomic mass is 9.62. The van der Waals surface area contributed by atoms with Crippen molar-refractivity contribution in [2.24, 2.45) is 17.3 Å². The van der Waals surface area contributed by atoms with Gasteiger partial charge in [-0.15, -0.1) is 0 Å². The lowest BCUT2D eigenvalue weighted by Gasteiger charge is -2.43. The Labute approximate surface area is 109 Å². The van der Waals surface area contributed by atoms with E-state index in [2.05, 4.69) is 6.92 Å². The normalized spacial score (nSPS) is 39.7. The van der Waals surface area contributed by atoms with Gasteiger partial charge in [0.1, 0.15) is 11.6 Å². The first-order chi connectivity index (χ1) is 8.49. The van der Waals surface area contributed by atoms with Crippen molar-refractivity contribution in [3.05, 3.63) is 0 Å². The van der Waals surface area contributed by atoms with Gasteiger partial charge in [0.2, 0.25) is 0 Å². The summed E-state index contributed by atoms with van der Waals surface area (Å²) < 4.78 is 0. The molecule has 2 unspecified atom stereocenters. The second-order valence-electron chi connectivity index (χ2n) is 6.19. The van der Waals surface area contributed by atoms with Crippen molar-refractivity contribution in [1.29, 1.82) is 0 Å². The van der Waals surface area contributed by atoms with Crippen LogP contribution in [0.1, 0.15) is 58.8 Å². The highest BCUT2D eigenvalue weighted by atomic mass is 16.3. The fourth-order valence-corrected chi connectivity index (χ4v) is 3.94. The van der Waals surface area contributed by atoms with Crippen LogP contribution in [0.25, 0.3) is 0 Å². The number of aliphatic hydroxyl groups is 1. The molecule has 4 atom stereocenters. The summed E-state index contributed by atoms with van der Waals surface area (Å²) in [6.07, 6.45) is 4.64. The van der Waals surface area contributed by atoms with Gasteiger partial charge in [0.25, 0.3) is 0 Å². The lowest BCUT2D eigenvalue weighted by molar-refractivity contribution is -0.131. The van der Waals surface area contributed by atoms with E-state index in [-0.39, 0.29) is 23.2 Å². The Morgan fingerprint density at radius 3 is 2.83 bits per heavy atom. The Balaban J connectivity index is 2.07. The molecule has 0 aromatic rings. The third-order valence-electron chi connectivity index (χ3n) is 5.26. The molecule has 0 bridgehead atoms. The summed E-state index contributed by atoms with van der Waals surface area (Å²) in [6, 6.07) is 0. The Morgan fingerprint density at radius 2 is 2.17 bits per heavy atom. The monoisotopic (exact) mass is 252 g/mol. The number of carbonyl (C=O) groups excluding carboxylic acids is 2. The van der Waals surface area contributed by atoms with Crippen LogP contribution in [0.5, 0.6) is 0 Å². The molecule has 0 heterocycles. The third kappa shape index (κ3) is 2.25. The van der Waals surface area contributed by atoms with Crippen molar-refractivity contribution < 1.29 is 14.7 Å². The highest BCUT2D eigenvalue weighted by Gasteiger charge is 2.53. The maximum absolute atomic E-state index is 12.0. The molecule has 2 saturated carbocycles. The molecule has 102 valence electrons. The highest BCUT2D eigenvalue weighted by Crippen LogP contribution is 2.53. The van der Waals surface area contributed by atoms with Gasteiger partial charge in [-0.25, -0.2) is 0 Å². The summed E-state index contributed by atoms with van der Waals surface area (Å²) in [4.78, 5) is 23.5. The van der Waals surface area contributed by atoms with Crippen LogP contribution in [0.3, 0.4) is 0 Å². The second-order valence-corrected chi connectivity index (χ2v) is 6.19. The average Bonchev–Trinajstić information content (AvgIpc) is 2.65. The van der Waals surface area contributed by atoms with Gasteiger partial charge in [-0.05, 0) is 37.5 Å². The summed E-state index contributed by atoms with van der Waals surface area (Å²) in [6.45, 7) is 3.94. The average molecular weight is 252 g/mol. The van der Waals surface area contributed by atoms with E-state index in [1.807, 2.05) is 6.92 Å². The Bertz CT molecular complexity index is 350. The van der Waals surface area contributed by atoms with E-state index >= 15 is 0 Å². The molecule has 18 heavy (non-hydrogen) atoms. The quantitative estimate of drug-likeness (QED) is 0.836. The van der Waals surface area contributed by atoms with Gasteiger partial charge in [-0.2, -0.15) is 0 Å². The number of hydrogen-bond acceptors (Lipinski definition) is 3. The van der Waals surface area contributed by atoms with Gasteiger partial charge < -0.3 is 5.11 Å². The van der Waals surface area contributed by atoms with Crippen molar-refractivity contribution in [3.8, 4) is 0 Å². The highest BCUT2D eigenvalue weighted by molar-refractivity contribution is 5.87. The standard InChI is InChI=1S/C15H24O3/c1-3-10(16)4-5-11-12-6-7-14(18)15(12,2)9-8-13(11)17/h11-13,17H,3-9H2,1-2H3/t11-,12?,13?,15-/m0/s1. The zero-order valence-electron chi connectivity index (χ0n) is 11.4. The molecular weight excluding hydrogens is 228 g/mol. The molecule has 1 N–H and O–H groups in total. The smallest absolute Gasteiger partial charge is 0.139 e. The Hall–Kier alpha value is -0.700. The maximum atomic E-state index is 12.0. The predicted molar refractivity (Wildman–Crippen MR) is 69.1 cm³/mol. The maximum Gasteiger partial charge on any atom is 0.139 e.